The predicted molar refractivity (Wildman–Crippen MR) is 61.3 cm³/mol. The van der Waals surface area contributed by atoms with Crippen molar-refractivity contribution in [1.29, 1.82) is 0 Å². The van der Waals surface area contributed by atoms with Crippen LogP contribution in [0.3, 0.4) is 0 Å². The van der Waals surface area contributed by atoms with Gasteiger partial charge in [-0.2, -0.15) is 0 Å². The van der Waals surface area contributed by atoms with E-state index in [9.17, 15) is 9.50 Å². The van der Waals surface area contributed by atoms with Crippen molar-refractivity contribution in [2.45, 2.75) is 38.2 Å². The molecule has 0 aromatic heterocycles. The number of fused-ring (bicyclic) bond motifs is 1. The average Bonchev–Trinajstić information content (AvgIpc) is 2.59. The van der Waals surface area contributed by atoms with Crippen LogP contribution in [-0.4, -0.2) is 5.11 Å². The van der Waals surface area contributed by atoms with E-state index in [0.717, 1.165) is 5.56 Å². The van der Waals surface area contributed by atoms with E-state index in [0.29, 0.717) is 31.2 Å². The summed E-state index contributed by atoms with van der Waals surface area (Å²) >= 11 is 0. The first-order valence-corrected chi connectivity index (χ1v) is 5.57. The van der Waals surface area contributed by atoms with Crippen LogP contribution in [0.1, 0.15) is 37.3 Å². The van der Waals surface area contributed by atoms with Crippen molar-refractivity contribution in [2.75, 3.05) is 0 Å². The molecule has 2 rings (SSSR count). The maximum Gasteiger partial charge on any atom is 0.126 e. The molecule has 0 bridgehead atoms. The largest absolute Gasteiger partial charge is 0.385 e. The molecule has 0 spiro atoms. The Morgan fingerprint density at radius 1 is 1.50 bits per heavy atom. The molecule has 0 aliphatic heterocycles. The molecule has 1 aliphatic rings. The molecule has 0 saturated carbocycles. The Balaban J connectivity index is 2.27. The van der Waals surface area contributed by atoms with E-state index < -0.39 is 5.60 Å². The van der Waals surface area contributed by atoms with Crippen LogP contribution in [-0.2, 0) is 12.0 Å². The molecule has 2 heteroatoms. The molecule has 1 aromatic carbocycles. The van der Waals surface area contributed by atoms with E-state index in [1.807, 2.05) is 6.07 Å². The highest BCUT2D eigenvalue weighted by Gasteiger charge is 2.37. The average molecular weight is 218 g/mol. The Kier molecular flexibility index (Phi) is 2.98. The van der Waals surface area contributed by atoms with Crippen molar-refractivity contribution in [3.8, 4) is 11.8 Å². The minimum absolute atomic E-state index is 0.199. The van der Waals surface area contributed by atoms with Crippen LogP contribution in [0.5, 0.6) is 0 Å². The monoisotopic (exact) mass is 218 g/mol. The molecular formula is C14H15FO. The van der Waals surface area contributed by atoms with E-state index in [-0.39, 0.29) is 5.82 Å². The fourth-order valence-electron chi connectivity index (χ4n) is 2.37. The molecule has 0 heterocycles. The molecule has 1 atom stereocenters. The minimum atomic E-state index is -0.874. The summed E-state index contributed by atoms with van der Waals surface area (Å²) in [6, 6.07) is 4.94. The van der Waals surface area contributed by atoms with Gasteiger partial charge in [-0.3, -0.25) is 0 Å². The molecule has 0 saturated heterocycles. The first-order valence-electron chi connectivity index (χ1n) is 5.57. The van der Waals surface area contributed by atoms with Crippen LogP contribution >= 0.6 is 0 Å². The van der Waals surface area contributed by atoms with Crippen LogP contribution in [0.25, 0.3) is 0 Å². The molecule has 84 valence electrons. The van der Waals surface area contributed by atoms with Gasteiger partial charge in [0.2, 0.25) is 0 Å². The summed E-state index contributed by atoms with van der Waals surface area (Å²) in [6.07, 6.45) is 2.47. The van der Waals surface area contributed by atoms with Gasteiger partial charge < -0.3 is 5.11 Å². The third kappa shape index (κ3) is 1.83. The van der Waals surface area contributed by atoms with Crippen molar-refractivity contribution in [3.63, 3.8) is 0 Å². The quantitative estimate of drug-likeness (QED) is 0.757. The first-order chi connectivity index (χ1) is 7.67. The number of hydrogen-bond acceptors (Lipinski definition) is 1. The number of hydrogen-bond donors (Lipinski definition) is 1. The number of halogens is 1. The second-order valence-corrected chi connectivity index (χ2v) is 4.22. The summed E-state index contributed by atoms with van der Waals surface area (Å²) in [6.45, 7) is 1.78. The van der Waals surface area contributed by atoms with Crippen molar-refractivity contribution >= 4 is 0 Å². The zero-order chi connectivity index (χ0) is 11.6. The Labute approximate surface area is 95.3 Å². The van der Waals surface area contributed by atoms with Crippen LogP contribution in [0.2, 0.25) is 0 Å². The van der Waals surface area contributed by atoms with E-state index in [1.165, 1.54) is 6.07 Å². The van der Waals surface area contributed by atoms with Crippen LogP contribution < -0.4 is 0 Å². The van der Waals surface area contributed by atoms with E-state index in [1.54, 1.807) is 13.0 Å². The SMILES string of the molecule is CC#CCCC1(O)CCc2c(F)cccc21. The zero-order valence-electron chi connectivity index (χ0n) is 9.39. The third-order valence-corrected chi connectivity index (χ3v) is 3.25. The maximum atomic E-state index is 13.5. The lowest BCUT2D eigenvalue weighted by molar-refractivity contribution is 0.0310. The van der Waals surface area contributed by atoms with Crippen LogP contribution in [0.4, 0.5) is 4.39 Å². The second-order valence-electron chi connectivity index (χ2n) is 4.22. The van der Waals surface area contributed by atoms with Crippen LogP contribution in [0, 0.1) is 17.7 Å². The molecule has 1 aromatic rings. The van der Waals surface area contributed by atoms with Gasteiger partial charge in [-0.25, -0.2) is 4.39 Å². The fraction of sp³-hybridized carbons (Fsp3) is 0.429. The lowest BCUT2D eigenvalue weighted by atomic mass is 9.91. The van der Waals surface area contributed by atoms with Crippen molar-refractivity contribution in [1.82, 2.24) is 0 Å². The lowest BCUT2D eigenvalue weighted by Gasteiger charge is -2.22. The zero-order valence-corrected chi connectivity index (χ0v) is 9.39. The normalized spacial score (nSPS) is 22.4. The van der Waals surface area contributed by atoms with E-state index >= 15 is 0 Å². The molecule has 0 radical (unpaired) electrons. The Morgan fingerprint density at radius 3 is 3.06 bits per heavy atom. The summed E-state index contributed by atoms with van der Waals surface area (Å²) in [4.78, 5) is 0. The number of aliphatic hydroxyl groups is 1. The summed E-state index contributed by atoms with van der Waals surface area (Å²) < 4.78 is 13.5. The van der Waals surface area contributed by atoms with Gasteiger partial charge in [-0.15, -0.1) is 11.8 Å². The van der Waals surface area contributed by atoms with Gasteiger partial charge in [-0.1, -0.05) is 12.1 Å². The Hall–Kier alpha value is -1.33. The van der Waals surface area contributed by atoms with E-state index in [2.05, 4.69) is 11.8 Å². The molecule has 1 aliphatic carbocycles. The van der Waals surface area contributed by atoms with Crippen molar-refractivity contribution < 1.29 is 9.50 Å². The van der Waals surface area contributed by atoms with Crippen molar-refractivity contribution in [3.05, 3.63) is 35.1 Å². The molecule has 1 unspecified atom stereocenters. The molecule has 1 nitrogen and oxygen atoms in total. The lowest BCUT2D eigenvalue weighted by Crippen LogP contribution is -2.21. The standard InChI is InChI=1S/C14H15FO/c1-2-3-4-9-14(16)10-8-11-12(14)6-5-7-13(11)15/h5-7,16H,4,8-10H2,1H3. The highest BCUT2D eigenvalue weighted by atomic mass is 19.1. The fourth-order valence-corrected chi connectivity index (χ4v) is 2.37. The van der Waals surface area contributed by atoms with Gasteiger partial charge >= 0.3 is 0 Å². The van der Waals surface area contributed by atoms with Gasteiger partial charge in [0, 0.05) is 6.42 Å². The summed E-state index contributed by atoms with van der Waals surface area (Å²) in [5.74, 6) is 5.55. The molecular weight excluding hydrogens is 203 g/mol. The summed E-state index contributed by atoms with van der Waals surface area (Å²) in [5.41, 5.74) is 0.557. The van der Waals surface area contributed by atoms with E-state index in [4.69, 9.17) is 0 Å². The van der Waals surface area contributed by atoms with Gasteiger partial charge in [0.25, 0.3) is 0 Å². The smallest absolute Gasteiger partial charge is 0.126 e. The van der Waals surface area contributed by atoms with Gasteiger partial charge in [0.05, 0.1) is 5.60 Å². The molecule has 1 N–H and O–H groups in total. The topological polar surface area (TPSA) is 20.2 Å². The minimum Gasteiger partial charge on any atom is -0.385 e. The van der Waals surface area contributed by atoms with Gasteiger partial charge in [0.1, 0.15) is 5.82 Å². The Bertz CT molecular complexity index is 456. The van der Waals surface area contributed by atoms with Gasteiger partial charge in [0.15, 0.2) is 0 Å². The molecule has 0 fully saturated rings. The highest BCUT2D eigenvalue weighted by Crippen LogP contribution is 2.40. The molecule has 0 amide bonds. The second kappa shape index (κ2) is 4.27. The third-order valence-electron chi connectivity index (χ3n) is 3.25. The summed E-state index contributed by atoms with van der Waals surface area (Å²) in [5, 5.41) is 10.5. The van der Waals surface area contributed by atoms with Gasteiger partial charge in [-0.05, 0) is 43.4 Å². The predicted octanol–water partition coefficient (Wildman–Crippen LogP) is 2.76. The number of benzene rings is 1. The van der Waals surface area contributed by atoms with Crippen molar-refractivity contribution in [2.24, 2.45) is 0 Å². The van der Waals surface area contributed by atoms with Crippen LogP contribution in [0.15, 0.2) is 18.2 Å². The Morgan fingerprint density at radius 2 is 2.31 bits per heavy atom. The first kappa shape index (κ1) is 11.2. The summed E-state index contributed by atoms with van der Waals surface area (Å²) in [7, 11) is 0. The molecule has 16 heavy (non-hydrogen) atoms. The highest BCUT2D eigenvalue weighted by molar-refractivity contribution is 5.38. The maximum absolute atomic E-state index is 13.5. The number of rotatable bonds is 2.